The molecule has 8 unspecified atom stereocenters. The molecule has 0 radical (unpaired) electrons. The third-order valence-electron chi connectivity index (χ3n) is 10.5. The van der Waals surface area contributed by atoms with Gasteiger partial charge in [-0.3, -0.25) is 14.4 Å². The molecular formula is C34H60N2O22S. The Morgan fingerprint density at radius 2 is 1.07 bits per heavy atom. The lowest BCUT2D eigenvalue weighted by Crippen LogP contribution is -2.70. The van der Waals surface area contributed by atoms with Crippen LogP contribution in [0, 0.1) is 0 Å². The number of amides is 1. The van der Waals surface area contributed by atoms with Gasteiger partial charge in [-0.05, 0) is 18.6 Å². The number of rotatable bonds is 20. The Kier molecular flexibility index (Phi) is 19.9. The number of carbonyl (C=O) groups is 2. The molecule has 4 rings (SSSR count). The van der Waals surface area contributed by atoms with Crippen molar-refractivity contribution in [1.82, 2.24) is 10.4 Å². The average Bonchev–Trinajstić information content (AvgIpc) is 3.21. The van der Waals surface area contributed by atoms with Crippen LogP contribution in [0.2, 0.25) is 0 Å². The van der Waals surface area contributed by atoms with E-state index >= 15 is 0 Å². The first-order chi connectivity index (χ1) is 28.0. The SMILES string of the molecule is CC(=O)NC1[C@H](O[C@H]2C(CO)O[C@@H](O[C@@H]3C(CO)O[C@@H](N(C)OCCCC(=O)CCCS)C(O)[C@H]3O)C(O)[C@H]2O)OC(CO)[C@H](O)[C@@H]1O[C@@H]1OC(CO)[C@H](O)[C@H](O)C1O. The zero-order valence-corrected chi connectivity index (χ0v) is 33.4. The summed E-state index contributed by atoms with van der Waals surface area (Å²) in [5, 5.41) is 130. The number of carbonyl (C=O) groups excluding carboxylic acids is 2. The summed E-state index contributed by atoms with van der Waals surface area (Å²) >= 11 is 4.08. The topological polar surface area (TPSA) is 366 Å². The van der Waals surface area contributed by atoms with Crippen LogP contribution < -0.4 is 5.32 Å². The lowest BCUT2D eigenvalue weighted by molar-refractivity contribution is -0.382. The van der Waals surface area contributed by atoms with Gasteiger partial charge in [0.15, 0.2) is 25.1 Å². The molecule has 20 atom stereocenters. The van der Waals surface area contributed by atoms with Crippen LogP contribution in [0.15, 0.2) is 0 Å². The van der Waals surface area contributed by atoms with Gasteiger partial charge >= 0.3 is 0 Å². The first kappa shape index (κ1) is 50.3. The summed E-state index contributed by atoms with van der Waals surface area (Å²) in [6.45, 7) is -2.29. The molecular weight excluding hydrogens is 820 g/mol. The van der Waals surface area contributed by atoms with Crippen LogP contribution in [0.5, 0.6) is 0 Å². The van der Waals surface area contributed by atoms with Crippen molar-refractivity contribution in [2.24, 2.45) is 0 Å². The molecule has 0 aliphatic carbocycles. The number of aliphatic hydroxyl groups excluding tert-OH is 12. The fourth-order valence-corrected chi connectivity index (χ4v) is 7.36. The zero-order chi connectivity index (χ0) is 43.7. The standard InChI is InChI=1S/C34H60N2O22S/c1-13(41)35-19-30(58-33-26(49)22(45)20(43)15(9-37)54-33)21(44)16(10-38)53-32(19)56-29-18(12-40)55-34(27(50)24(29)47)57-28-17(11-39)52-31(25(48)23(28)46)36(2)51-7-3-5-14(42)6-4-8-59/h15-34,37-40,43-50,59H,3-12H2,1-2H3,(H,35,41)/t15?,16?,17?,18?,19?,20-,21-,22-,23+,24+,25?,26?,27?,28+,29-,30+,31+,32-,33-,34-/m0/s1. The van der Waals surface area contributed by atoms with Gasteiger partial charge in [-0.25, -0.2) is 0 Å². The van der Waals surface area contributed by atoms with Crippen LogP contribution in [0.1, 0.15) is 32.6 Å². The second-order valence-electron chi connectivity index (χ2n) is 14.7. The highest BCUT2D eigenvalue weighted by Crippen LogP contribution is 2.35. The van der Waals surface area contributed by atoms with Gasteiger partial charge in [0, 0.05) is 26.8 Å². The number of hydrogen-bond donors (Lipinski definition) is 14. The van der Waals surface area contributed by atoms with Crippen LogP contribution in [0.3, 0.4) is 0 Å². The predicted molar refractivity (Wildman–Crippen MR) is 194 cm³/mol. The fourth-order valence-electron chi connectivity index (χ4n) is 7.20. The van der Waals surface area contributed by atoms with Gasteiger partial charge < -0.3 is 99.8 Å². The van der Waals surface area contributed by atoms with Crippen molar-refractivity contribution in [2.75, 3.05) is 45.8 Å². The zero-order valence-electron chi connectivity index (χ0n) is 32.5. The van der Waals surface area contributed by atoms with E-state index in [1.807, 2.05) is 0 Å². The monoisotopic (exact) mass is 880 g/mol. The Labute approximate surface area is 344 Å². The molecule has 13 N–H and O–H groups in total. The van der Waals surface area contributed by atoms with E-state index < -0.39 is 155 Å². The van der Waals surface area contributed by atoms with Crippen molar-refractivity contribution in [3.63, 3.8) is 0 Å². The van der Waals surface area contributed by atoms with Crippen molar-refractivity contribution >= 4 is 24.3 Å². The largest absolute Gasteiger partial charge is 0.394 e. The number of hydrogen-bond acceptors (Lipinski definition) is 24. The second-order valence-corrected chi connectivity index (χ2v) is 15.2. The molecule has 59 heavy (non-hydrogen) atoms. The third-order valence-corrected chi connectivity index (χ3v) is 10.8. The van der Waals surface area contributed by atoms with E-state index in [1.54, 1.807) is 0 Å². The summed E-state index contributed by atoms with van der Waals surface area (Å²) in [7, 11) is 1.40. The van der Waals surface area contributed by atoms with Gasteiger partial charge in [0.1, 0.15) is 103 Å². The highest BCUT2D eigenvalue weighted by molar-refractivity contribution is 7.80. The number of hydroxylamine groups is 2. The van der Waals surface area contributed by atoms with Crippen LogP contribution in [0.4, 0.5) is 0 Å². The summed E-state index contributed by atoms with van der Waals surface area (Å²) in [5.41, 5.74) is 0. The fraction of sp³-hybridized carbons (Fsp3) is 0.941. The van der Waals surface area contributed by atoms with Crippen molar-refractivity contribution in [3.05, 3.63) is 0 Å². The van der Waals surface area contributed by atoms with Gasteiger partial charge in [-0.2, -0.15) is 17.7 Å². The summed E-state index contributed by atoms with van der Waals surface area (Å²) in [4.78, 5) is 29.9. The molecule has 344 valence electrons. The summed E-state index contributed by atoms with van der Waals surface area (Å²) in [5.74, 6) is -0.134. The minimum Gasteiger partial charge on any atom is -0.394 e. The number of nitrogens with one attached hydrogen (secondary N) is 1. The van der Waals surface area contributed by atoms with E-state index in [0.29, 0.717) is 25.0 Å². The van der Waals surface area contributed by atoms with Gasteiger partial charge in [0.25, 0.3) is 0 Å². The Morgan fingerprint density at radius 1 is 0.593 bits per heavy atom. The molecule has 4 saturated heterocycles. The maximum absolute atomic E-state index is 12.4. The Morgan fingerprint density at radius 3 is 1.64 bits per heavy atom. The number of thiol groups is 1. The maximum atomic E-state index is 12.4. The van der Waals surface area contributed by atoms with E-state index in [-0.39, 0.29) is 18.8 Å². The van der Waals surface area contributed by atoms with E-state index in [1.165, 1.54) is 7.05 Å². The van der Waals surface area contributed by atoms with E-state index in [2.05, 4.69) is 17.9 Å². The Hall–Kier alpha value is -1.35. The summed E-state index contributed by atoms with van der Waals surface area (Å²) in [6, 6.07) is -1.59. The molecule has 1 amide bonds. The minimum atomic E-state index is -2.05. The number of nitrogens with zero attached hydrogens (tertiary/aromatic N) is 1. The average molecular weight is 881 g/mol. The molecule has 4 heterocycles. The summed E-state index contributed by atoms with van der Waals surface area (Å²) < 4.78 is 40.1. The molecule has 0 spiro atoms. The molecule has 0 saturated carbocycles. The van der Waals surface area contributed by atoms with Crippen LogP contribution >= 0.6 is 12.6 Å². The molecule has 4 fully saturated rings. The Balaban J connectivity index is 1.46. The number of ketones is 1. The van der Waals surface area contributed by atoms with Gasteiger partial charge in [-0.15, -0.1) is 0 Å². The maximum Gasteiger partial charge on any atom is 0.217 e. The quantitative estimate of drug-likeness (QED) is 0.0307. The lowest BCUT2D eigenvalue weighted by atomic mass is 9.94. The number of aliphatic hydroxyl groups is 12. The van der Waals surface area contributed by atoms with Crippen LogP contribution in [0.25, 0.3) is 0 Å². The smallest absolute Gasteiger partial charge is 0.217 e. The first-order valence-corrected chi connectivity index (χ1v) is 19.9. The number of Topliss-reactive ketones (excluding diaryl/α,β-unsaturated/α-hetero) is 1. The molecule has 0 aromatic rings. The molecule has 0 aromatic carbocycles. The minimum absolute atomic E-state index is 0.0358. The first-order valence-electron chi connectivity index (χ1n) is 19.2. The second kappa shape index (κ2) is 23.4. The highest BCUT2D eigenvalue weighted by atomic mass is 32.1. The lowest BCUT2D eigenvalue weighted by Gasteiger charge is -2.50. The predicted octanol–water partition coefficient (Wildman–Crippen LogP) is -7.67. The number of ether oxygens (including phenoxy) is 7. The molecule has 24 nitrogen and oxygen atoms in total. The normalized spacial score (nSPS) is 43.1. The van der Waals surface area contributed by atoms with Crippen molar-refractivity contribution < 1.29 is 109 Å². The van der Waals surface area contributed by atoms with Crippen LogP contribution in [-0.2, 0) is 47.6 Å². The third kappa shape index (κ3) is 12.2. The molecule has 0 aromatic heterocycles. The molecule has 4 aliphatic heterocycles. The highest BCUT2D eigenvalue weighted by Gasteiger charge is 2.56. The van der Waals surface area contributed by atoms with Gasteiger partial charge in [-0.1, -0.05) is 0 Å². The van der Waals surface area contributed by atoms with Gasteiger partial charge in [0.2, 0.25) is 5.91 Å². The van der Waals surface area contributed by atoms with Gasteiger partial charge in [0.05, 0.1) is 33.0 Å². The van der Waals surface area contributed by atoms with E-state index in [9.17, 15) is 70.9 Å². The Bertz CT molecular complexity index is 1290. The van der Waals surface area contributed by atoms with Crippen molar-refractivity contribution in [2.45, 2.75) is 155 Å². The molecule has 25 heteroatoms. The van der Waals surface area contributed by atoms with Crippen molar-refractivity contribution in [3.8, 4) is 0 Å². The van der Waals surface area contributed by atoms with Crippen molar-refractivity contribution in [1.29, 1.82) is 0 Å². The van der Waals surface area contributed by atoms with E-state index in [4.69, 9.17) is 38.0 Å². The summed E-state index contributed by atoms with van der Waals surface area (Å²) in [6.07, 6.45) is -31.2. The van der Waals surface area contributed by atoms with Crippen LogP contribution in [-0.4, -0.2) is 247 Å². The van der Waals surface area contributed by atoms with E-state index in [0.717, 1.165) is 12.0 Å². The molecule has 4 aliphatic rings. The molecule has 0 bridgehead atoms. The number of likely N-dealkylation sites (N-methyl/N-ethyl adjacent to an activating group) is 1.